The summed E-state index contributed by atoms with van der Waals surface area (Å²) in [5.41, 5.74) is 0.925. The zero-order valence-electron chi connectivity index (χ0n) is 11.7. The molecule has 2 fully saturated rings. The van der Waals surface area contributed by atoms with Gasteiger partial charge in [-0.3, -0.25) is 4.79 Å². The van der Waals surface area contributed by atoms with Crippen molar-refractivity contribution in [2.24, 2.45) is 5.41 Å². The second kappa shape index (κ2) is 6.74. The van der Waals surface area contributed by atoms with Crippen molar-refractivity contribution in [2.75, 3.05) is 26.2 Å². The van der Waals surface area contributed by atoms with Crippen LogP contribution < -0.4 is 5.32 Å². The number of nitrogens with one attached hydrogen (secondary N) is 1. The summed E-state index contributed by atoms with van der Waals surface area (Å²) in [6.45, 7) is 3.81. The lowest BCUT2D eigenvalue weighted by Crippen LogP contribution is -2.44. The summed E-state index contributed by atoms with van der Waals surface area (Å²) in [6.07, 6.45) is 3.38. The molecule has 1 spiro atoms. The van der Waals surface area contributed by atoms with E-state index < -0.39 is 0 Å². The highest BCUT2D eigenvalue weighted by molar-refractivity contribution is 6.43. The molecule has 2 saturated heterocycles. The lowest BCUT2D eigenvalue weighted by molar-refractivity contribution is 0.0608. The van der Waals surface area contributed by atoms with Gasteiger partial charge in [-0.25, -0.2) is 0 Å². The number of halogens is 3. The van der Waals surface area contributed by atoms with Gasteiger partial charge in [-0.2, -0.15) is 0 Å². The molecule has 2 aliphatic heterocycles. The largest absolute Gasteiger partial charge is 0.339 e. The van der Waals surface area contributed by atoms with Crippen LogP contribution in [-0.4, -0.2) is 37.0 Å². The first-order valence-electron chi connectivity index (χ1n) is 7.05. The SMILES string of the molecule is Cl.O=C(c1cccc(Cl)c1Cl)N1CCC2(CCNC2)CC1. The summed E-state index contributed by atoms with van der Waals surface area (Å²) in [5.74, 6) is -0.00157. The summed E-state index contributed by atoms with van der Waals surface area (Å²) >= 11 is 12.1. The highest BCUT2D eigenvalue weighted by Crippen LogP contribution is 2.37. The lowest BCUT2D eigenvalue weighted by Gasteiger charge is -2.39. The molecule has 0 aliphatic carbocycles. The van der Waals surface area contributed by atoms with Gasteiger partial charge in [-0.05, 0) is 43.4 Å². The fourth-order valence-corrected chi connectivity index (χ4v) is 3.63. The maximum atomic E-state index is 12.5. The second-order valence-electron chi connectivity index (χ2n) is 5.82. The minimum Gasteiger partial charge on any atom is -0.339 e. The van der Waals surface area contributed by atoms with Crippen molar-refractivity contribution in [1.29, 1.82) is 0 Å². The number of benzene rings is 1. The zero-order chi connectivity index (χ0) is 14.2. The van der Waals surface area contributed by atoms with Crippen molar-refractivity contribution in [2.45, 2.75) is 19.3 Å². The number of rotatable bonds is 1. The third-order valence-corrected chi connectivity index (χ3v) is 5.44. The molecular formula is C15H19Cl3N2O. The van der Waals surface area contributed by atoms with E-state index in [1.165, 1.54) is 6.42 Å². The molecule has 2 aliphatic rings. The van der Waals surface area contributed by atoms with Gasteiger partial charge in [0.15, 0.2) is 0 Å². The van der Waals surface area contributed by atoms with Crippen LogP contribution in [0.5, 0.6) is 0 Å². The zero-order valence-corrected chi connectivity index (χ0v) is 14.0. The first kappa shape index (κ1) is 16.9. The normalized spacial score (nSPS) is 20.4. The Morgan fingerprint density at radius 2 is 1.90 bits per heavy atom. The quantitative estimate of drug-likeness (QED) is 0.839. The van der Waals surface area contributed by atoms with Crippen molar-refractivity contribution >= 4 is 41.5 Å². The van der Waals surface area contributed by atoms with E-state index in [9.17, 15) is 4.79 Å². The number of hydrogen-bond acceptors (Lipinski definition) is 2. The van der Waals surface area contributed by atoms with Gasteiger partial charge in [-0.1, -0.05) is 29.3 Å². The fraction of sp³-hybridized carbons (Fsp3) is 0.533. The average Bonchev–Trinajstić information content (AvgIpc) is 2.90. The van der Waals surface area contributed by atoms with Crippen molar-refractivity contribution < 1.29 is 4.79 Å². The predicted octanol–water partition coefficient (Wildman–Crippen LogP) is 3.63. The predicted molar refractivity (Wildman–Crippen MR) is 88.8 cm³/mol. The van der Waals surface area contributed by atoms with E-state index in [1.54, 1.807) is 18.2 Å². The van der Waals surface area contributed by atoms with Crippen LogP contribution in [0.25, 0.3) is 0 Å². The number of likely N-dealkylation sites (tertiary alicyclic amines) is 1. The summed E-state index contributed by atoms with van der Waals surface area (Å²) in [7, 11) is 0. The molecule has 0 saturated carbocycles. The van der Waals surface area contributed by atoms with Crippen molar-refractivity contribution in [3.05, 3.63) is 33.8 Å². The molecule has 1 aromatic carbocycles. The third kappa shape index (κ3) is 3.31. The standard InChI is InChI=1S/C15H18Cl2N2O.ClH/c16-12-3-1-2-11(13(12)17)14(20)19-8-5-15(6-9-19)4-7-18-10-15;/h1-3,18H,4-10H2;1H. The van der Waals surface area contributed by atoms with Gasteiger partial charge in [0.05, 0.1) is 15.6 Å². The summed E-state index contributed by atoms with van der Waals surface area (Å²) in [4.78, 5) is 14.4. The van der Waals surface area contributed by atoms with E-state index in [1.807, 2.05) is 4.90 Å². The summed E-state index contributed by atoms with van der Waals surface area (Å²) < 4.78 is 0. The Balaban J connectivity index is 0.00000161. The minimum atomic E-state index is -0.00157. The maximum absolute atomic E-state index is 12.5. The molecule has 1 N–H and O–H groups in total. The Morgan fingerprint density at radius 3 is 2.52 bits per heavy atom. The number of carbonyl (C=O) groups is 1. The van der Waals surface area contributed by atoms with E-state index in [0.29, 0.717) is 21.0 Å². The van der Waals surface area contributed by atoms with Gasteiger partial charge in [0.25, 0.3) is 5.91 Å². The van der Waals surface area contributed by atoms with Crippen molar-refractivity contribution in [3.8, 4) is 0 Å². The molecule has 0 atom stereocenters. The van der Waals surface area contributed by atoms with Gasteiger partial charge in [-0.15, -0.1) is 12.4 Å². The first-order chi connectivity index (χ1) is 9.61. The van der Waals surface area contributed by atoms with Crippen LogP contribution in [0.4, 0.5) is 0 Å². The number of carbonyl (C=O) groups excluding carboxylic acids is 1. The van der Waals surface area contributed by atoms with Gasteiger partial charge in [0.2, 0.25) is 0 Å². The van der Waals surface area contributed by atoms with Crippen LogP contribution in [-0.2, 0) is 0 Å². The molecule has 1 aromatic rings. The number of nitrogens with zero attached hydrogens (tertiary/aromatic N) is 1. The van der Waals surface area contributed by atoms with Crippen LogP contribution in [0.2, 0.25) is 10.0 Å². The molecule has 3 nitrogen and oxygen atoms in total. The molecule has 6 heteroatoms. The molecule has 2 heterocycles. The Bertz CT molecular complexity index is 520. The highest BCUT2D eigenvalue weighted by Gasteiger charge is 2.38. The number of hydrogen-bond donors (Lipinski definition) is 1. The average molecular weight is 350 g/mol. The van der Waals surface area contributed by atoms with Crippen LogP contribution in [0, 0.1) is 5.41 Å². The van der Waals surface area contributed by atoms with Crippen molar-refractivity contribution in [3.63, 3.8) is 0 Å². The second-order valence-corrected chi connectivity index (χ2v) is 6.61. The van der Waals surface area contributed by atoms with E-state index in [-0.39, 0.29) is 18.3 Å². The molecule has 116 valence electrons. The highest BCUT2D eigenvalue weighted by atomic mass is 35.5. The lowest BCUT2D eigenvalue weighted by atomic mass is 9.78. The van der Waals surface area contributed by atoms with Gasteiger partial charge in [0.1, 0.15) is 0 Å². The molecular weight excluding hydrogens is 331 g/mol. The Kier molecular flexibility index (Phi) is 5.42. The van der Waals surface area contributed by atoms with Crippen LogP contribution >= 0.6 is 35.6 Å². The van der Waals surface area contributed by atoms with E-state index in [0.717, 1.165) is 39.0 Å². The number of amides is 1. The van der Waals surface area contributed by atoms with Gasteiger partial charge in [0, 0.05) is 19.6 Å². The molecule has 0 unspecified atom stereocenters. The minimum absolute atomic E-state index is 0. The van der Waals surface area contributed by atoms with E-state index >= 15 is 0 Å². The summed E-state index contributed by atoms with van der Waals surface area (Å²) in [6, 6.07) is 5.22. The molecule has 1 amide bonds. The van der Waals surface area contributed by atoms with Gasteiger partial charge >= 0.3 is 0 Å². The Hall–Kier alpha value is -0.480. The maximum Gasteiger partial charge on any atom is 0.255 e. The van der Waals surface area contributed by atoms with E-state index in [2.05, 4.69) is 5.32 Å². The molecule has 0 bridgehead atoms. The molecule has 0 radical (unpaired) electrons. The third-order valence-electron chi connectivity index (χ3n) is 4.63. The molecule has 0 aromatic heterocycles. The number of piperidine rings is 1. The monoisotopic (exact) mass is 348 g/mol. The first-order valence-corrected chi connectivity index (χ1v) is 7.81. The van der Waals surface area contributed by atoms with Crippen molar-refractivity contribution in [1.82, 2.24) is 10.2 Å². The van der Waals surface area contributed by atoms with Crippen LogP contribution in [0.15, 0.2) is 18.2 Å². The Morgan fingerprint density at radius 1 is 1.19 bits per heavy atom. The van der Waals surface area contributed by atoms with Crippen LogP contribution in [0.3, 0.4) is 0 Å². The summed E-state index contributed by atoms with van der Waals surface area (Å²) in [5, 5.41) is 4.23. The molecule has 21 heavy (non-hydrogen) atoms. The topological polar surface area (TPSA) is 32.3 Å². The molecule has 3 rings (SSSR count). The Labute approximate surface area is 141 Å². The smallest absolute Gasteiger partial charge is 0.255 e. The fourth-order valence-electron chi connectivity index (χ4n) is 3.25. The van der Waals surface area contributed by atoms with E-state index in [4.69, 9.17) is 23.2 Å². The van der Waals surface area contributed by atoms with Gasteiger partial charge < -0.3 is 10.2 Å². The van der Waals surface area contributed by atoms with Crippen LogP contribution in [0.1, 0.15) is 29.6 Å².